The smallest absolute Gasteiger partial charge is 0.340 e. The predicted molar refractivity (Wildman–Crippen MR) is 89.8 cm³/mol. The van der Waals surface area contributed by atoms with Gasteiger partial charge in [0.1, 0.15) is 0 Å². The van der Waals surface area contributed by atoms with Crippen molar-refractivity contribution in [2.75, 3.05) is 11.4 Å². The summed E-state index contributed by atoms with van der Waals surface area (Å²) < 4.78 is 37.1. The summed E-state index contributed by atoms with van der Waals surface area (Å²) in [6.07, 6.45) is -3.60. The van der Waals surface area contributed by atoms with Gasteiger partial charge in [0, 0.05) is 28.5 Å². The Morgan fingerprint density at radius 2 is 1.60 bits per heavy atom. The fourth-order valence-corrected chi connectivity index (χ4v) is 2.11. The van der Waals surface area contributed by atoms with E-state index in [2.05, 4.69) is 0 Å². The van der Waals surface area contributed by atoms with Crippen molar-refractivity contribution in [1.82, 2.24) is 0 Å². The first kappa shape index (κ1) is 18.7. The van der Waals surface area contributed by atoms with Gasteiger partial charge in [-0.1, -0.05) is 29.8 Å². The third-order valence-electron chi connectivity index (χ3n) is 3.25. The molecule has 25 heavy (non-hydrogen) atoms. The van der Waals surface area contributed by atoms with E-state index >= 15 is 0 Å². The third kappa shape index (κ3) is 5.46. The summed E-state index contributed by atoms with van der Waals surface area (Å²) in [5.41, 5.74) is 0.844. The van der Waals surface area contributed by atoms with Crippen LogP contribution < -0.4 is 4.90 Å². The highest BCUT2D eigenvalue weighted by molar-refractivity contribution is 6.30. The number of benzene rings is 2. The first-order valence-corrected chi connectivity index (χ1v) is 7.55. The van der Waals surface area contributed by atoms with Gasteiger partial charge in [-0.15, -0.1) is 0 Å². The van der Waals surface area contributed by atoms with E-state index < -0.39 is 12.0 Å². The number of carbonyl (C=O) groups is 2. The molecule has 2 aromatic rings. The van der Waals surface area contributed by atoms with Crippen LogP contribution in [0.25, 0.3) is 0 Å². The molecular weight excluding hydrogens is 355 g/mol. The first-order valence-electron chi connectivity index (χ1n) is 7.17. The molecule has 0 unspecified atom stereocenters. The molecule has 7 heteroatoms. The van der Waals surface area contributed by atoms with Gasteiger partial charge < -0.3 is 4.90 Å². The molecule has 0 spiro atoms. The van der Waals surface area contributed by atoms with Crippen LogP contribution >= 0.6 is 11.6 Å². The number of rotatable bonds is 6. The number of Topliss-reactive ketones (excluding diaryl/α,β-unsaturated/α-hetero) is 1. The zero-order chi connectivity index (χ0) is 18.4. The van der Waals surface area contributed by atoms with Crippen molar-refractivity contribution in [1.29, 1.82) is 0 Å². The van der Waals surface area contributed by atoms with Gasteiger partial charge in [0.05, 0.1) is 6.54 Å². The van der Waals surface area contributed by atoms with Crippen molar-refractivity contribution < 1.29 is 22.8 Å². The molecule has 0 atom stereocenters. The lowest BCUT2D eigenvalue weighted by molar-refractivity contribution is -0.165. The van der Waals surface area contributed by atoms with E-state index in [0.29, 0.717) is 22.3 Å². The van der Waals surface area contributed by atoms with Crippen LogP contribution in [0, 0.1) is 0 Å². The van der Waals surface area contributed by atoms with Crippen molar-refractivity contribution in [3.8, 4) is 0 Å². The number of para-hydroxylation sites is 1. The maximum absolute atomic E-state index is 12.4. The first-order chi connectivity index (χ1) is 11.8. The summed E-state index contributed by atoms with van der Waals surface area (Å²) >= 11 is 5.77. The Morgan fingerprint density at radius 1 is 1.00 bits per heavy atom. The molecule has 0 saturated heterocycles. The predicted octanol–water partition coefficient (Wildman–Crippen LogP) is 4.67. The Bertz CT molecular complexity index is 771. The lowest BCUT2D eigenvalue weighted by Gasteiger charge is -2.20. The van der Waals surface area contributed by atoms with Crippen molar-refractivity contribution in [2.24, 2.45) is 0 Å². The highest BCUT2D eigenvalue weighted by atomic mass is 35.5. The number of ketones is 2. The molecule has 0 saturated carbocycles. The number of anilines is 1. The second-order valence-corrected chi connectivity index (χ2v) is 5.51. The molecule has 0 fully saturated rings. The minimum absolute atomic E-state index is 0.229. The largest absolute Gasteiger partial charge is 0.454 e. The number of alkyl halides is 3. The van der Waals surface area contributed by atoms with E-state index in [-0.39, 0.29) is 12.3 Å². The van der Waals surface area contributed by atoms with Crippen LogP contribution in [0.1, 0.15) is 10.4 Å². The van der Waals surface area contributed by atoms with Gasteiger partial charge in [0.15, 0.2) is 5.78 Å². The van der Waals surface area contributed by atoms with Crippen LogP contribution in [0.4, 0.5) is 18.9 Å². The van der Waals surface area contributed by atoms with Crippen LogP contribution in [-0.4, -0.2) is 24.3 Å². The van der Waals surface area contributed by atoms with Gasteiger partial charge in [0.2, 0.25) is 0 Å². The Kier molecular flexibility index (Phi) is 5.98. The summed E-state index contributed by atoms with van der Waals surface area (Å²) in [5, 5.41) is 0.465. The second-order valence-electron chi connectivity index (χ2n) is 5.07. The number of carbonyl (C=O) groups excluding carboxylic acids is 2. The van der Waals surface area contributed by atoms with Gasteiger partial charge in [-0.05, 0) is 36.4 Å². The van der Waals surface area contributed by atoms with Crippen LogP contribution in [0.3, 0.4) is 0 Å². The lowest BCUT2D eigenvalue weighted by atomic mass is 10.1. The molecule has 0 aliphatic carbocycles. The minimum atomic E-state index is -4.96. The molecule has 0 aliphatic rings. The summed E-state index contributed by atoms with van der Waals surface area (Å²) in [6, 6.07) is 14.5. The molecule has 0 heterocycles. The van der Waals surface area contributed by atoms with Crippen molar-refractivity contribution >= 4 is 28.9 Å². The molecule has 0 N–H and O–H groups in total. The number of halogens is 4. The van der Waals surface area contributed by atoms with Crippen molar-refractivity contribution in [3.63, 3.8) is 0 Å². The zero-order valence-electron chi connectivity index (χ0n) is 12.8. The van der Waals surface area contributed by atoms with Crippen LogP contribution in [-0.2, 0) is 4.79 Å². The second kappa shape index (κ2) is 7.98. The molecule has 3 nitrogen and oxygen atoms in total. The van der Waals surface area contributed by atoms with Gasteiger partial charge >= 0.3 is 6.18 Å². The van der Waals surface area contributed by atoms with E-state index in [1.54, 1.807) is 42.5 Å². The summed E-state index contributed by atoms with van der Waals surface area (Å²) in [7, 11) is 0. The maximum Gasteiger partial charge on any atom is 0.454 e. The molecule has 2 rings (SSSR count). The van der Waals surface area contributed by atoms with Gasteiger partial charge in [0.25, 0.3) is 5.78 Å². The topological polar surface area (TPSA) is 37.4 Å². The normalized spacial score (nSPS) is 11.5. The van der Waals surface area contributed by atoms with E-state index in [9.17, 15) is 22.8 Å². The Morgan fingerprint density at radius 3 is 2.16 bits per heavy atom. The fourth-order valence-electron chi connectivity index (χ4n) is 1.98. The highest BCUT2D eigenvalue weighted by Crippen LogP contribution is 2.19. The molecule has 0 bridgehead atoms. The number of hydrogen-bond acceptors (Lipinski definition) is 3. The van der Waals surface area contributed by atoms with Crippen molar-refractivity contribution in [3.05, 3.63) is 77.5 Å². The monoisotopic (exact) mass is 367 g/mol. The third-order valence-corrected chi connectivity index (χ3v) is 3.51. The van der Waals surface area contributed by atoms with Crippen LogP contribution in [0.5, 0.6) is 0 Å². The Hall–Kier alpha value is -2.60. The number of hydrogen-bond donors (Lipinski definition) is 0. The SMILES string of the molecule is O=C(CN(/C=C/C(=O)C(F)(F)F)c1ccccc1)c1ccc(Cl)cc1. The fraction of sp³-hybridized carbons (Fsp3) is 0.111. The number of allylic oxidation sites excluding steroid dienone is 1. The standard InChI is InChI=1S/C18H13ClF3NO2/c19-14-8-6-13(7-9-14)16(24)12-23(15-4-2-1-3-5-15)11-10-17(25)18(20,21)22/h1-11H,12H2/b11-10+. The molecule has 0 aliphatic heterocycles. The molecular formula is C18H13ClF3NO2. The summed E-state index contributed by atoms with van der Waals surface area (Å²) in [4.78, 5) is 24.7. The molecule has 0 amide bonds. The van der Waals surface area contributed by atoms with Crippen molar-refractivity contribution in [2.45, 2.75) is 6.18 Å². The highest BCUT2D eigenvalue weighted by Gasteiger charge is 2.36. The maximum atomic E-state index is 12.4. The van der Waals surface area contributed by atoms with E-state index in [0.717, 1.165) is 6.20 Å². The van der Waals surface area contributed by atoms with Gasteiger partial charge in [-0.3, -0.25) is 9.59 Å². The lowest BCUT2D eigenvalue weighted by Crippen LogP contribution is -2.26. The Labute approximate surface area is 147 Å². The van der Waals surface area contributed by atoms with E-state index in [1.807, 2.05) is 0 Å². The van der Waals surface area contributed by atoms with Gasteiger partial charge in [-0.2, -0.15) is 13.2 Å². The summed E-state index contributed by atoms with van der Waals surface area (Å²) in [5.74, 6) is -2.32. The number of nitrogens with zero attached hydrogens (tertiary/aromatic N) is 1. The average Bonchev–Trinajstić information content (AvgIpc) is 2.58. The quantitative estimate of drug-likeness (QED) is 0.550. The van der Waals surface area contributed by atoms with Crippen LogP contribution in [0.15, 0.2) is 66.9 Å². The molecule has 130 valence electrons. The molecule has 0 aromatic heterocycles. The minimum Gasteiger partial charge on any atom is -0.340 e. The summed E-state index contributed by atoms with van der Waals surface area (Å²) in [6.45, 7) is -0.229. The van der Waals surface area contributed by atoms with Gasteiger partial charge in [-0.25, -0.2) is 0 Å². The van der Waals surface area contributed by atoms with E-state index in [4.69, 9.17) is 11.6 Å². The Balaban J connectivity index is 2.23. The zero-order valence-corrected chi connectivity index (χ0v) is 13.6. The van der Waals surface area contributed by atoms with Crippen LogP contribution in [0.2, 0.25) is 5.02 Å². The van der Waals surface area contributed by atoms with E-state index in [1.165, 1.54) is 17.0 Å². The molecule has 0 radical (unpaired) electrons. The molecule has 2 aromatic carbocycles. The average molecular weight is 368 g/mol.